The van der Waals surface area contributed by atoms with E-state index >= 15 is 0 Å². The number of hydrogen-bond acceptors (Lipinski definition) is 2. The quantitative estimate of drug-likeness (QED) is 0.869. The highest BCUT2D eigenvalue weighted by molar-refractivity contribution is 9.10. The fourth-order valence-corrected chi connectivity index (χ4v) is 2.72. The summed E-state index contributed by atoms with van der Waals surface area (Å²) in [7, 11) is 0. The van der Waals surface area contributed by atoms with Crippen molar-refractivity contribution in [1.82, 2.24) is 15.0 Å². The summed E-state index contributed by atoms with van der Waals surface area (Å²) < 4.78 is 15.8. The van der Waals surface area contributed by atoms with Gasteiger partial charge in [-0.2, -0.15) is 0 Å². The number of hydrogen-bond donors (Lipinski definition) is 0. The van der Waals surface area contributed by atoms with Crippen LogP contribution in [0.5, 0.6) is 0 Å². The molecule has 5 heteroatoms. The standard InChI is InChI=1S/C12H13BrFN3/c1-7(8-2-3-8)6-17-11-5-9(14)4-10(13)12(11)15-16-17/h4-5,7-8H,2-3,6H2,1H3. The van der Waals surface area contributed by atoms with Gasteiger partial charge in [-0.1, -0.05) is 12.1 Å². The predicted molar refractivity (Wildman–Crippen MR) is 67.1 cm³/mol. The van der Waals surface area contributed by atoms with Crippen LogP contribution in [0.15, 0.2) is 16.6 Å². The van der Waals surface area contributed by atoms with E-state index in [2.05, 4.69) is 33.2 Å². The number of nitrogens with zero attached hydrogens (tertiary/aromatic N) is 3. The minimum atomic E-state index is -0.257. The van der Waals surface area contributed by atoms with E-state index in [-0.39, 0.29) is 5.82 Å². The van der Waals surface area contributed by atoms with Crippen molar-refractivity contribution >= 4 is 27.0 Å². The van der Waals surface area contributed by atoms with Crippen LogP contribution in [0.1, 0.15) is 19.8 Å². The fraction of sp³-hybridized carbons (Fsp3) is 0.500. The Morgan fingerprint density at radius 3 is 3.00 bits per heavy atom. The van der Waals surface area contributed by atoms with Gasteiger partial charge >= 0.3 is 0 Å². The second-order valence-corrected chi connectivity index (χ2v) is 5.70. The van der Waals surface area contributed by atoms with Crippen LogP contribution in [-0.4, -0.2) is 15.0 Å². The second-order valence-electron chi connectivity index (χ2n) is 4.84. The molecule has 1 aliphatic carbocycles. The Morgan fingerprint density at radius 1 is 1.53 bits per heavy atom. The van der Waals surface area contributed by atoms with Crippen molar-refractivity contribution < 1.29 is 4.39 Å². The Kier molecular flexibility index (Phi) is 2.65. The lowest BCUT2D eigenvalue weighted by molar-refractivity contribution is 0.407. The predicted octanol–water partition coefficient (Wildman–Crippen LogP) is 3.38. The monoisotopic (exact) mass is 297 g/mol. The molecule has 1 aromatic heterocycles. The van der Waals surface area contributed by atoms with E-state index in [0.29, 0.717) is 10.4 Å². The van der Waals surface area contributed by atoms with E-state index in [4.69, 9.17) is 0 Å². The molecule has 1 aliphatic rings. The molecule has 1 heterocycles. The number of fused-ring (bicyclic) bond motifs is 1. The summed E-state index contributed by atoms with van der Waals surface area (Å²) in [6.07, 6.45) is 2.62. The number of benzene rings is 1. The van der Waals surface area contributed by atoms with E-state index in [1.165, 1.54) is 25.0 Å². The molecule has 1 atom stereocenters. The van der Waals surface area contributed by atoms with E-state index < -0.39 is 0 Å². The van der Waals surface area contributed by atoms with Crippen molar-refractivity contribution in [1.29, 1.82) is 0 Å². The van der Waals surface area contributed by atoms with Gasteiger partial charge in [0.15, 0.2) is 0 Å². The van der Waals surface area contributed by atoms with Crippen LogP contribution in [0.25, 0.3) is 11.0 Å². The lowest BCUT2D eigenvalue weighted by Crippen LogP contribution is -2.10. The smallest absolute Gasteiger partial charge is 0.127 e. The molecule has 3 rings (SSSR count). The van der Waals surface area contributed by atoms with Crippen LogP contribution < -0.4 is 0 Å². The van der Waals surface area contributed by atoms with Gasteiger partial charge < -0.3 is 0 Å². The molecule has 0 amide bonds. The van der Waals surface area contributed by atoms with Crippen LogP contribution >= 0.6 is 15.9 Å². The molecule has 1 fully saturated rings. The molecule has 0 N–H and O–H groups in total. The van der Waals surface area contributed by atoms with Crippen LogP contribution in [0.3, 0.4) is 0 Å². The SMILES string of the molecule is CC(Cn1nnc2c(Br)cc(F)cc21)C1CC1. The van der Waals surface area contributed by atoms with Gasteiger partial charge in [0.2, 0.25) is 0 Å². The van der Waals surface area contributed by atoms with E-state index in [1.54, 1.807) is 0 Å². The van der Waals surface area contributed by atoms with Crippen molar-refractivity contribution in [3.8, 4) is 0 Å². The summed E-state index contributed by atoms with van der Waals surface area (Å²) >= 11 is 3.31. The fourth-order valence-electron chi connectivity index (χ4n) is 2.22. The second kappa shape index (κ2) is 4.05. The zero-order valence-electron chi connectivity index (χ0n) is 9.53. The third-order valence-electron chi connectivity index (χ3n) is 3.43. The largest absolute Gasteiger partial charge is 0.244 e. The summed E-state index contributed by atoms with van der Waals surface area (Å²) in [6.45, 7) is 3.04. The Bertz CT molecular complexity index is 562. The minimum Gasteiger partial charge on any atom is -0.244 e. The lowest BCUT2D eigenvalue weighted by Gasteiger charge is -2.09. The first kappa shape index (κ1) is 11.1. The van der Waals surface area contributed by atoms with Crippen LogP contribution in [0, 0.1) is 17.7 Å². The minimum absolute atomic E-state index is 0.257. The highest BCUT2D eigenvalue weighted by Gasteiger charge is 2.28. The Hall–Kier alpha value is -0.970. The van der Waals surface area contributed by atoms with E-state index in [9.17, 15) is 4.39 Å². The molecular weight excluding hydrogens is 285 g/mol. The van der Waals surface area contributed by atoms with Crippen molar-refractivity contribution in [3.05, 3.63) is 22.4 Å². The van der Waals surface area contributed by atoms with Gasteiger partial charge in [0.25, 0.3) is 0 Å². The molecule has 0 radical (unpaired) electrons. The summed E-state index contributed by atoms with van der Waals surface area (Å²) in [5.41, 5.74) is 1.50. The summed E-state index contributed by atoms with van der Waals surface area (Å²) in [4.78, 5) is 0. The van der Waals surface area contributed by atoms with Gasteiger partial charge in [-0.15, -0.1) is 5.10 Å². The molecule has 0 spiro atoms. The molecule has 2 aromatic rings. The molecule has 0 bridgehead atoms. The Morgan fingerprint density at radius 2 is 2.29 bits per heavy atom. The topological polar surface area (TPSA) is 30.7 Å². The third-order valence-corrected chi connectivity index (χ3v) is 4.03. The highest BCUT2D eigenvalue weighted by Crippen LogP contribution is 2.37. The summed E-state index contributed by atoms with van der Waals surface area (Å²) in [5, 5.41) is 8.21. The average Bonchev–Trinajstić information content (AvgIpc) is 3.04. The van der Waals surface area contributed by atoms with Gasteiger partial charge in [-0.3, -0.25) is 0 Å². The van der Waals surface area contributed by atoms with Gasteiger partial charge in [-0.05, 0) is 46.7 Å². The van der Waals surface area contributed by atoms with Crippen molar-refractivity contribution in [2.75, 3.05) is 0 Å². The first-order valence-electron chi connectivity index (χ1n) is 5.83. The van der Waals surface area contributed by atoms with Crippen molar-refractivity contribution in [2.45, 2.75) is 26.3 Å². The van der Waals surface area contributed by atoms with Crippen LogP contribution in [0.4, 0.5) is 4.39 Å². The van der Waals surface area contributed by atoms with Gasteiger partial charge in [-0.25, -0.2) is 9.07 Å². The first-order chi connectivity index (χ1) is 8.15. The van der Waals surface area contributed by atoms with E-state index in [1.807, 2.05) is 4.68 Å². The first-order valence-corrected chi connectivity index (χ1v) is 6.62. The summed E-state index contributed by atoms with van der Waals surface area (Å²) in [5.74, 6) is 1.14. The molecule has 1 unspecified atom stereocenters. The molecule has 1 saturated carbocycles. The maximum atomic E-state index is 13.4. The molecule has 17 heavy (non-hydrogen) atoms. The molecule has 3 nitrogen and oxygen atoms in total. The highest BCUT2D eigenvalue weighted by atomic mass is 79.9. The maximum Gasteiger partial charge on any atom is 0.127 e. The number of aromatic nitrogens is 3. The van der Waals surface area contributed by atoms with Crippen molar-refractivity contribution in [2.24, 2.45) is 11.8 Å². The third kappa shape index (κ3) is 2.08. The molecular formula is C12H13BrFN3. The van der Waals surface area contributed by atoms with Gasteiger partial charge in [0, 0.05) is 12.6 Å². The van der Waals surface area contributed by atoms with Gasteiger partial charge in [0.1, 0.15) is 11.3 Å². The molecule has 0 aliphatic heterocycles. The lowest BCUT2D eigenvalue weighted by atomic mass is 10.1. The molecule has 0 saturated heterocycles. The molecule has 1 aromatic carbocycles. The zero-order valence-corrected chi connectivity index (χ0v) is 11.1. The summed E-state index contributed by atoms with van der Waals surface area (Å²) in [6, 6.07) is 2.92. The zero-order chi connectivity index (χ0) is 12.0. The molecule has 90 valence electrons. The van der Waals surface area contributed by atoms with Crippen LogP contribution in [0.2, 0.25) is 0 Å². The maximum absolute atomic E-state index is 13.4. The normalized spacial score (nSPS) is 17.6. The van der Waals surface area contributed by atoms with Gasteiger partial charge in [0.05, 0.1) is 9.99 Å². The van der Waals surface area contributed by atoms with Crippen LogP contribution in [-0.2, 0) is 6.54 Å². The Balaban J connectivity index is 1.98. The number of halogens is 2. The average molecular weight is 298 g/mol. The van der Waals surface area contributed by atoms with Crippen molar-refractivity contribution in [3.63, 3.8) is 0 Å². The Labute approximate surface area is 107 Å². The van der Waals surface area contributed by atoms with E-state index in [0.717, 1.165) is 23.5 Å². The number of rotatable bonds is 3.